The number of hydrogen-bond acceptors (Lipinski definition) is 2. The van der Waals surface area contributed by atoms with Crippen LogP contribution in [0.25, 0.3) is 0 Å². The first kappa shape index (κ1) is 6.53. The van der Waals surface area contributed by atoms with Crippen molar-refractivity contribution in [2.24, 2.45) is 5.14 Å². The highest BCUT2D eigenvalue weighted by Crippen LogP contribution is 2.10. The van der Waals surface area contributed by atoms with Gasteiger partial charge in [-0.05, 0) is 0 Å². The molecule has 0 radical (unpaired) electrons. The van der Waals surface area contributed by atoms with E-state index in [9.17, 15) is 0 Å². The van der Waals surface area contributed by atoms with E-state index in [1.807, 2.05) is 0 Å². The fourth-order valence-electron chi connectivity index (χ4n) is 0. The molecule has 0 amide bonds. The van der Waals surface area contributed by atoms with Gasteiger partial charge in [0.2, 0.25) is 0 Å². The zero-order chi connectivity index (χ0) is 5.21. The Bertz CT molecular complexity index is 40.5. The molecule has 1 nitrogen and oxygen atoms in total. The lowest BCUT2D eigenvalue weighted by Gasteiger charge is -2.07. The second-order valence-corrected chi connectivity index (χ2v) is 11.1. The van der Waals surface area contributed by atoms with Crippen molar-refractivity contribution >= 4 is 18.6 Å². The van der Waals surface area contributed by atoms with Gasteiger partial charge in [-0.1, -0.05) is 19.6 Å². The van der Waals surface area contributed by atoms with E-state index in [1.54, 1.807) is 0 Å². The third kappa shape index (κ3) is 4.53. The molecule has 3 heteroatoms. The fraction of sp³-hybridized carbons (Fsp3) is 1.00. The maximum absolute atomic E-state index is 5.28. The molecule has 0 spiro atoms. The standard InChI is InChI=1S/C3H11NSSi/c1-6(2,3)5-4/h4H2,1-3H3. The second kappa shape index (κ2) is 2.00. The van der Waals surface area contributed by atoms with Gasteiger partial charge in [0.25, 0.3) is 0 Å². The van der Waals surface area contributed by atoms with Crippen molar-refractivity contribution in [2.75, 3.05) is 0 Å². The largest absolute Gasteiger partial charge is 0.283 e. The molecular weight excluding hydrogens is 110 g/mol. The molecule has 0 aromatic rings. The van der Waals surface area contributed by atoms with Crippen LogP contribution in [0.5, 0.6) is 0 Å². The minimum atomic E-state index is -0.937. The molecule has 0 rings (SSSR count). The highest BCUT2D eigenvalue weighted by molar-refractivity contribution is 8.27. The van der Waals surface area contributed by atoms with Crippen molar-refractivity contribution in [1.82, 2.24) is 0 Å². The highest BCUT2D eigenvalue weighted by atomic mass is 32.4. The molecule has 0 heterocycles. The zero-order valence-electron chi connectivity index (χ0n) is 4.49. The van der Waals surface area contributed by atoms with Crippen LogP contribution in [0.15, 0.2) is 0 Å². The molecule has 0 saturated carbocycles. The van der Waals surface area contributed by atoms with Crippen molar-refractivity contribution < 1.29 is 0 Å². The van der Waals surface area contributed by atoms with Crippen molar-refractivity contribution in [3.63, 3.8) is 0 Å². The molecule has 0 unspecified atom stereocenters. The average molecular weight is 121 g/mol. The minimum Gasteiger partial charge on any atom is -0.283 e. The molecular formula is C3H11NSSi. The van der Waals surface area contributed by atoms with E-state index < -0.39 is 7.22 Å². The molecule has 38 valence electrons. The van der Waals surface area contributed by atoms with Crippen LogP contribution in [0.1, 0.15) is 0 Å². The van der Waals surface area contributed by atoms with Crippen LogP contribution < -0.4 is 5.14 Å². The summed E-state index contributed by atoms with van der Waals surface area (Å²) in [6, 6.07) is 0. The van der Waals surface area contributed by atoms with E-state index >= 15 is 0 Å². The maximum atomic E-state index is 5.28. The van der Waals surface area contributed by atoms with Crippen molar-refractivity contribution in [3.05, 3.63) is 0 Å². The summed E-state index contributed by atoms with van der Waals surface area (Å²) in [5.41, 5.74) is 0. The fourth-order valence-corrected chi connectivity index (χ4v) is 0. The third-order valence-corrected chi connectivity index (χ3v) is 3.18. The Morgan fingerprint density at radius 2 is 1.50 bits per heavy atom. The number of nitrogens with two attached hydrogens (primary N) is 1. The zero-order valence-corrected chi connectivity index (χ0v) is 6.30. The monoisotopic (exact) mass is 121 g/mol. The molecule has 0 saturated heterocycles. The van der Waals surface area contributed by atoms with Crippen LogP contribution >= 0.6 is 11.4 Å². The smallest absolute Gasteiger partial charge is 0.127 e. The van der Waals surface area contributed by atoms with Gasteiger partial charge in [-0.3, -0.25) is 5.14 Å². The van der Waals surface area contributed by atoms with E-state index in [4.69, 9.17) is 5.14 Å². The van der Waals surface area contributed by atoms with Gasteiger partial charge in [0, 0.05) is 0 Å². The van der Waals surface area contributed by atoms with Crippen molar-refractivity contribution in [1.29, 1.82) is 0 Å². The average Bonchev–Trinajstić information content (AvgIpc) is 1.35. The van der Waals surface area contributed by atoms with Gasteiger partial charge in [-0.25, -0.2) is 0 Å². The summed E-state index contributed by atoms with van der Waals surface area (Å²) >= 11 is 1.52. The van der Waals surface area contributed by atoms with Gasteiger partial charge in [0.15, 0.2) is 0 Å². The Labute approximate surface area is 44.1 Å². The summed E-state index contributed by atoms with van der Waals surface area (Å²) in [6.07, 6.45) is 0. The van der Waals surface area contributed by atoms with Gasteiger partial charge in [0.05, 0.1) is 0 Å². The molecule has 0 aliphatic heterocycles. The normalized spacial score (nSPS) is 12.0. The predicted molar refractivity (Wildman–Crippen MR) is 35.1 cm³/mol. The Morgan fingerprint density at radius 1 is 1.33 bits per heavy atom. The number of rotatable bonds is 1. The molecule has 2 N–H and O–H groups in total. The topological polar surface area (TPSA) is 26.0 Å². The van der Waals surface area contributed by atoms with Gasteiger partial charge in [0.1, 0.15) is 7.22 Å². The molecule has 0 bridgehead atoms. The van der Waals surface area contributed by atoms with Crippen LogP contribution in [-0.2, 0) is 0 Å². The van der Waals surface area contributed by atoms with Crippen molar-refractivity contribution in [3.8, 4) is 0 Å². The lowest BCUT2D eigenvalue weighted by molar-refractivity contribution is 1.86. The Morgan fingerprint density at radius 3 is 1.50 bits per heavy atom. The molecule has 0 atom stereocenters. The molecule has 0 aromatic heterocycles. The lowest BCUT2D eigenvalue weighted by atomic mass is 11.8. The van der Waals surface area contributed by atoms with E-state index in [1.165, 1.54) is 11.4 Å². The SMILES string of the molecule is C[Si](C)(C)SN. The van der Waals surface area contributed by atoms with E-state index in [0.29, 0.717) is 0 Å². The summed E-state index contributed by atoms with van der Waals surface area (Å²) in [5.74, 6) is 0. The van der Waals surface area contributed by atoms with Gasteiger partial charge in [-0.15, -0.1) is 11.4 Å². The van der Waals surface area contributed by atoms with Crippen LogP contribution in [0, 0.1) is 0 Å². The highest BCUT2D eigenvalue weighted by Gasteiger charge is 2.09. The Hall–Kier alpha value is 0.527. The summed E-state index contributed by atoms with van der Waals surface area (Å²) in [4.78, 5) is 0. The lowest BCUT2D eigenvalue weighted by Crippen LogP contribution is -2.16. The second-order valence-electron chi connectivity index (χ2n) is 2.23. The van der Waals surface area contributed by atoms with Gasteiger partial charge in [-0.2, -0.15) is 0 Å². The first-order valence-electron chi connectivity index (χ1n) is 1.94. The molecule has 6 heavy (non-hydrogen) atoms. The van der Waals surface area contributed by atoms with E-state index in [0.717, 1.165) is 0 Å². The summed E-state index contributed by atoms with van der Waals surface area (Å²) in [7, 11) is -0.937. The van der Waals surface area contributed by atoms with Crippen LogP contribution in [-0.4, -0.2) is 7.22 Å². The Kier molecular flexibility index (Phi) is 2.17. The summed E-state index contributed by atoms with van der Waals surface area (Å²) < 4.78 is 0. The molecule has 0 fully saturated rings. The third-order valence-electron chi connectivity index (χ3n) is 0.354. The van der Waals surface area contributed by atoms with Gasteiger partial charge < -0.3 is 0 Å². The molecule has 0 aromatic carbocycles. The molecule has 0 aliphatic carbocycles. The molecule has 0 aliphatic rings. The minimum absolute atomic E-state index is 0.937. The van der Waals surface area contributed by atoms with E-state index in [2.05, 4.69) is 19.6 Å². The summed E-state index contributed by atoms with van der Waals surface area (Å²) in [6.45, 7) is 6.66. The number of hydrogen-bond donors (Lipinski definition) is 1. The van der Waals surface area contributed by atoms with Gasteiger partial charge >= 0.3 is 0 Å². The first-order valence-corrected chi connectivity index (χ1v) is 7.04. The van der Waals surface area contributed by atoms with Crippen LogP contribution in [0.4, 0.5) is 0 Å². The summed E-state index contributed by atoms with van der Waals surface area (Å²) in [5, 5.41) is 5.28. The first-order chi connectivity index (χ1) is 2.56. The quantitative estimate of drug-likeness (QED) is 0.419. The van der Waals surface area contributed by atoms with Crippen molar-refractivity contribution in [2.45, 2.75) is 19.6 Å². The predicted octanol–water partition coefficient (Wildman–Crippen LogP) is 1.43. The van der Waals surface area contributed by atoms with E-state index in [-0.39, 0.29) is 0 Å². The maximum Gasteiger partial charge on any atom is 0.127 e. The van der Waals surface area contributed by atoms with Crippen LogP contribution in [0.3, 0.4) is 0 Å². The Balaban J connectivity index is 3.17. The van der Waals surface area contributed by atoms with Crippen LogP contribution in [0.2, 0.25) is 19.6 Å².